The number of amides is 1. The lowest BCUT2D eigenvalue weighted by Gasteiger charge is -2.23. The lowest BCUT2D eigenvalue weighted by atomic mass is 10.1. The van der Waals surface area contributed by atoms with Gasteiger partial charge in [0.05, 0.1) is 9.80 Å². The third-order valence-electron chi connectivity index (χ3n) is 3.61. The standard InChI is InChI=1S/C14H15N3O3S/c18-14(16-10-3-5-15-6-4-10)13-8-9-7-11(17(19)20)1-2-12(9)21-13/h1-2,7-8,10,15H,3-6H2,(H,16,18). The van der Waals surface area contributed by atoms with Crippen LogP contribution in [0.2, 0.25) is 0 Å². The van der Waals surface area contributed by atoms with E-state index in [-0.39, 0.29) is 17.6 Å². The minimum atomic E-state index is -0.425. The first-order valence-electron chi connectivity index (χ1n) is 6.83. The second kappa shape index (κ2) is 5.79. The summed E-state index contributed by atoms with van der Waals surface area (Å²) in [6.07, 6.45) is 1.87. The van der Waals surface area contributed by atoms with Gasteiger partial charge in [0.25, 0.3) is 11.6 Å². The summed E-state index contributed by atoms with van der Waals surface area (Å²) in [7, 11) is 0. The summed E-state index contributed by atoms with van der Waals surface area (Å²) in [6, 6.07) is 6.60. The lowest BCUT2D eigenvalue weighted by molar-refractivity contribution is -0.384. The van der Waals surface area contributed by atoms with E-state index in [2.05, 4.69) is 10.6 Å². The van der Waals surface area contributed by atoms with Gasteiger partial charge in [0.2, 0.25) is 0 Å². The second-order valence-corrected chi connectivity index (χ2v) is 6.17. The summed E-state index contributed by atoms with van der Waals surface area (Å²) in [5.41, 5.74) is 0.0469. The lowest BCUT2D eigenvalue weighted by Crippen LogP contribution is -2.42. The van der Waals surface area contributed by atoms with Gasteiger partial charge in [-0.2, -0.15) is 0 Å². The zero-order valence-corrected chi connectivity index (χ0v) is 12.1. The highest BCUT2D eigenvalue weighted by atomic mass is 32.1. The smallest absolute Gasteiger partial charge is 0.270 e. The van der Waals surface area contributed by atoms with Crippen molar-refractivity contribution in [3.8, 4) is 0 Å². The number of hydrogen-bond donors (Lipinski definition) is 2. The fraction of sp³-hybridized carbons (Fsp3) is 0.357. The fourth-order valence-electron chi connectivity index (χ4n) is 2.48. The van der Waals surface area contributed by atoms with Crippen molar-refractivity contribution >= 4 is 33.0 Å². The number of carbonyl (C=O) groups excluding carboxylic acids is 1. The molecule has 1 saturated heterocycles. The van der Waals surface area contributed by atoms with Crippen molar-refractivity contribution in [2.45, 2.75) is 18.9 Å². The van der Waals surface area contributed by atoms with Crippen LogP contribution < -0.4 is 10.6 Å². The van der Waals surface area contributed by atoms with E-state index in [1.165, 1.54) is 23.5 Å². The molecule has 1 aliphatic rings. The van der Waals surface area contributed by atoms with Crippen LogP contribution in [0, 0.1) is 10.1 Å². The van der Waals surface area contributed by atoms with Crippen LogP contribution in [0.5, 0.6) is 0 Å². The molecular weight excluding hydrogens is 290 g/mol. The Morgan fingerprint density at radius 2 is 2.10 bits per heavy atom. The summed E-state index contributed by atoms with van der Waals surface area (Å²) in [4.78, 5) is 23.2. The second-order valence-electron chi connectivity index (χ2n) is 5.09. The van der Waals surface area contributed by atoms with Gasteiger partial charge in [-0.15, -0.1) is 11.3 Å². The molecule has 0 bridgehead atoms. The molecule has 2 heterocycles. The Bertz CT molecular complexity index is 692. The Kier molecular flexibility index (Phi) is 3.85. The van der Waals surface area contributed by atoms with Gasteiger partial charge in [-0.05, 0) is 38.1 Å². The molecule has 0 unspecified atom stereocenters. The highest BCUT2D eigenvalue weighted by molar-refractivity contribution is 7.20. The molecule has 1 fully saturated rings. The summed E-state index contributed by atoms with van der Waals surface area (Å²) in [6.45, 7) is 1.84. The number of non-ortho nitro benzene ring substituents is 1. The molecule has 1 aliphatic heterocycles. The number of fused-ring (bicyclic) bond motifs is 1. The molecule has 0 saturated carbocycles. The minimum Gasteiger partial charge on any atom is -0.349 e. The number of carbonyl (C=O) groups is 1. The zero-order valence-electron chi connectivity index (χ0n) is 11.3. The highest BCUT2D eigenvalue weighted by Crippen LogP contribution is 2.29. The maximum absolute atomic E-state index is 12.2. The maximum atomic E-state index is 12.2. The number of nitrogens with zero attached hydrogens (tertiary/aromatic N) is 1. The van der Waals surface area contributed by atoms with Gasteiger partial charge in [0.15, 0.2) is 0 Å². The van der Waals surface area contributed by atoms with E-state index in [1.807, 2.05) is 0 Å². The van der Waals surface area contributed by atoms with Crippen molar-refractivity contribution in [3.05, 3.63) is 39.3 Å². The molecule has 0 spiro atoms. The normalized spacial score (nSPS) is 16.0. The highest BCUT2D eigenvalue weighted by Gasteiger charge is 2.18. The van der Waals surface area contributed by atoms with Gasteiger partial charge in [-0.1, -0.05) is 0 Å². The first-order chi connectivity index (χ1) is 10.1. The predicted molar refractivity (Wildman–Crippen MR) is 81.8 cm³/mol. The van der Waals surface area contributed by atoms with Crippen molar-refractivity contribution < 1.29 is 9.72 Å². The number of piperidine rings is 1. The summed E-state index contributed by atoms with van der Waals surface area (Å²) in [5, 5.41) is 17.8. The van der Waals surface area contributed by atoms with E-state index >= 15 is 0 Å². The molecule has 6 nitrogen and oxygen atoms in total. The van der Waals surface area contributed by atoms with Crippen LogP contribution in [0.4, 0.5) is 5.69 Å². The average molecular weight is 305 g/mol. The van der Waals surface area contributed by atoms with E-state index in [9.17, 15) is 14.9 Å². The third kappa shape index (κ3) is 3.03. The molecule has 2 N–H and O–H groups in total. The summed E-state index contributed by atoms with van der Waals surface area (Å²) >= 11 is 1.36. The van der Waals surface area contributed by atoms with Crippen molar-refractivity contribution in [2.24, 2.45) is 0 Å². The van der Waals surface area contributed by atoms with Gasteiger partial charge in [-0.3, -0.25) is 14.9 Å². The molecular formula is C14H15N3O3S. The number of nitro benzene ring substituents is 1. The third-order valence-corrected chi connectivity index (χ3v) is 4.72. The molecule has 1 amide bonds. The van der Waals surface area contributed by atoms with E-state index in [4.69, 9.17) is 0 Å². The average Bonchev–Trinajstić information content (AvgIpc) is 2.91. The molecule has 1 aromatic carbocycles. The molecule has 110 valence electrons. The van der Waals surface area contributed by atoms with Crippen LogP contribution in [0.3, 0.4) is 0 Å². The van der Waals surface area contributed by atoms with Gasteiger partial charge < -0.3 is 10.6 Å². The monoisotopic (exact) mass is 305 g/mol. The Morgan fingerprint density at radius 1 is 1.33 bits per heavy atom. The van der Waals surface area contributed by atoms with Crippen molar-refractivity contribution in [3.63, 3.8) is 0 Å². The Hall–Kier alpha value is -1.99. The largest absolute Gasteiger partial charge is 0.349 e. The summed E-state index contributed by atoms with van der Waals surface area (Å²) in [5.74, 6) is -0.0919. The fourth-order valence-corrected chi connectivity index (χ4v) is 3.43. The molecule has 0 atom stereocenters. The topological polar surface area (TPSA) is 84.3 Å². The molecule has 3 rings (SSSR count). The summed E-state index contributed by atoms with van der Waals surface area (Å²) < 4.78 is 0.885. The van der Waals surface area contributed by atoms with E-state index in [1.54, 1.807) is 12.1 Å². The van der Waals surface area contributed by atoms with Crippen LogP contribution in [0.25, 0.3) is 10.1 Å². The minimum absolute atomic E-state index is 0.0469. The molecule has 1 aromatic heterocycles. The van der Waals surface area contributed by atoms with Crippen LogP contribution in [-0.2, 0) is 0 Å². The predicted octanol–water partition coefficient (Wildman–Crippen LogP) is 2.29. The Labute approximate surface area is 125 Å². The number of nitrogens with one attached hydrogen (secondary N) is 2. The SMILES string of the molecule is O=C(NC1CCNCC1)c1cc2cc([N+](=O)[O-])ccc2s1. The first-order valence-corrected chi connectivity index (χ1v) is 7.65. The van der Waals surface area contributed by atoms with Gasteiger partial charge in [0, 0.05) is 28.3 Å². The van der Waals surface area contributed by atoms with Crippen LogP contribution in [-0.4, -0.2) is 30.0 Å². The van der Waals surface area contributed by atoms with Crippen LogP contribution >= 0.6 is 11.3 Å². The Balaban J connectivity index is 1.79. The van der Waals surface area contributed by atoms with E-state index < -0.39 is 4.92 Å². The van der Waals surface area contributed by atoms with Crippen molar-refractivity contribution in [1.82, 2.24) is 10.6 Å². The molecule has 7 heteroatoms. The van der Waals surface area contributed by atoms with Gasteiger partial charge in [0.1, 0.15) is 0 Å². The van der Waals surface area contributed by atoms with Gasteiger partial charge in [-0.25, -0.2) is 0 Å². The maximum Gasteiger partial charge on any atom is 0.270 e. The van der Waals surface area contributed by atoms with E-state index in [0.717, 1.165) is 36.0 Å². The quantitative estimate of drug-likeness (QED) is 0.673. The number of hydrogen-bond acceptors (Lipinski definition) is 5. The number of rotatable bonds is 3. The molecule has 0 radical (unpaired) electrons. The number of benzene rings is 1. The first kappa shape index (κ1) is 14.0. The number of thiophene rings is 1. The van der Waals surface area contributed by atoms with Crippen molar-refractivity contribution in [1.29, 1.82) is 0 Å². The molecule has 0 aliphatic carbocycles. The van der Waals surface area contributed by atoms with Crippen molar-refractivity contribution in [2.75, 3.05) is 13.1 Å². The number of nitro groups is 1. The Morgan fingerprint density at radius 3 is 2.81 bits per heavy atom. The van der Waals surface area contributed by atoms with E-state index in [0.29, 0.717) is 4.88 Å². The van der Waals surface area contributed by atoms with Gasteiger partial charge >= 0.3 is 0 Å². The molecule has 21 heavy (non-hydrogen) atoms. The zero-order chi connectivity index (χ0) is 14.8. The van der Waals surface area contributed by atoms with Crippen LogP contribution in [0.1, 0.15) is 22.5 Å². The molecule has 2 aromatic rings. The van der Waals surface area contributed by atoms with Crippen LogP contribution in [0.15, 0.2) is 24.3 Å².